The molecule has 1 saturated carbocycles. The number of halogens is 2. The van der Waals surface area contributed by atoms with Crippen LogP contribution in [0.4, 0.5) is 5.69 Å². The second-order valence-electron chi connectivity index (χ2n) is 10.5. The molecule has 1 saturated heterocycles. The number of anilines is 1. The van der Waals surface area contributed by atoms with E-state index in [-0.39, 0.29) is 28.9 Å². The first-order chi connectivity index (χ1) is 16.5. The molecule has 6 nitrogen and oxygen atoms in total. The van der Waals surface area contributed by atoms with Crippen molar-refractivity contribution >= 4 is 51.8 Å². The predicted molar refractivity (Wildman–Crippen MR) is 145 cm³/mol. The molecule has 0 aromatic heterocycles. The molecule has 0 radical (unpaired) electrons. The summed E-state index contributed by atoms with van der Waals surface area (Å²) in [6.07, 6.45) is 0.996. The van der Waals surface area contributed by atoms with Crippen LogP contribution >= 0.6 is 34.5 Å². The van der Waals surface area contributed by atoms with Gasteiger partial charge in [-0.15, -0.1) is 0 Å². The minimum atomic E-state index is -0.318. The van der Waals surface area contributed by atoms with E-state index in [9.17, 15) is 9.59 Å². The number of hydrogen-bond donors (Lipinski definition) is 0. The zero-order chi connectivity index (χ0) is 25.5. The van der Waals surface area contributed by atoms with Crippen molar-refractivity contribution in [3.63, 3.8) is 0 Å². The number of nitrogens with zero attached hydrogens (tertiary/aromatic N) is 3. The van der Waals surface area contributed by atoms with Gasteiger partial charge in [-0.25, -0.2) is 0 Å². The quantitative estimate of drug-likeness (QED) is 0.306. The number of rotatable bonds is 5. The number of carbonyl (C=O) groups is 2. The molecule has 2 aromatic rings. The zero-order valence-electron chi connectivity index (χ0n) is 20.3. The van der Waals surface area contributed by atoms with Gasteiger partial charge < -0.3 is 9.64 Å². The number of Topliss-reactive ketones (excluding diaryl/α,β-unsaturated/α-hetero) is 1. The SMILES string of the molecule is CC1(C)C(Oc2ccc(C#N)c(Cl)c2)C(C)(C)C1N(I)C(=O)c1ccc(N2CCC(=O)CC2)cc1. The normalized spacial score (nSPS) is 22.7. The highest BCUT2D eigenvalue weighted by Gasteiger charge is 2.66. The van der Waals surface area contributed by atoms with Crippen molar-refractivity contribution in [2.24, 2.45) is 10.8 Å². The van der Waals surface area contributed by atoms with Crippen LogP contribution in [0.5, 0.6) is 5.75 Å². The number of ketones is 1. The van der Waals surface area contributed by atoms with E-state index in [1.807, 2.05) is 24.3 Å². The van der Waals surface area contributed by atoms with Crippen molar-refractivity contribution < 1.29 is 14.3 Å². The first-order valence-corrected chi connectivity index (χ1v) is 13.0. The van der Waals surface area contributed by atoms with E-state index in [0.717, 1.165) is 18.8 Å². The molecule has 0 spiro atoms. The summed E-state index contributed by atoms with van der Waals surface area (Å²) >= 11 is 8.33. The highest BCUT2D eigenvalue weighted by Crippen LogP contribution is 2.59. The van der Waals surface area contributed by atoms with Crippen molar-refractivity contribution in [1.29, 1.82) is 5.26 Å². The summed E-state index contributed by atoms with van der Waals surface area (Å²) in [6.45, 7) is 9.88. The average Bonchev–Trinajstić information content (AvgIpc) is 2.82. The number of carbonyl (C=O) groups excluding carboxylic acids is 2. The highest BCUT2D eigenvalue weighted by molar-refractivity contribution is 14.1. The van der Waals surface area contributed by atoms with Gasteiger partial charge in [0.05, 0.1) is 39.5 Å². The van der Waals surface area contributed by atoms with Crippen molar-refractivity contribution in [2.45, 2.75) is 52.7 Å². The van der Waals surface area contributed by atoms with Crippen LogP contribution in [-0.2, 0) is 4.79 Å². The minimum Gasteiger partial charge on any atom is -0.489 e. The molecular weight excluding hydrogens is 577 g/mol. The van der Waals surface area contributed by atoms with Crippen LogP contribution in [0.2, 0.25) is 5.02 Å². The second kappa shape index (κ2) is 9.62. The molecule has 1 aliphatic carbocycles. The summed E-state index contributed by atoms with van der Waals surface area (Å²) in [6, 6.07) is 14.8. The summed E-state index contributed by atoms with van der Waals surface area (Å²) in [5.41, 5.74) is 1.44. The number of hydrogen-bond acceptors (Lipinski definition) is 5. The topological polar surface area (TPSA) is 73.6 Å². The smallest absolute Gasteiger partial charge is 0.262 e. The van der Waals surface area contributed by atoms with Gasteiger partial charge in [0.25, 0.3) is 5.91 Å². The van der Waals surface area contributed by atoms with Crippen LogP contribution < -0.4 is 9.64 Å². The van der Waals surface area contributed by atoms with E-state index in [1.165, 1.54) is 0 Å². The standard InChI is InChI=1S/C27H29ClIN3O3/c1-26(2)24(27(3,4)25(26)35-21-10-7-18(16-30)22(28)15-21)32(29)23(34)17-5-8-19(9-6-17)31-13-11-20(33)12-14-31/h5-10,15,24-25H,11-14H2,1-4H3. The Kier molecular flexibility index (Phi) is 7.09. The Hall–Kier alpha value is -2.31. The Bertz CT molecular complexity index is 1160. The van der Waals surface area contributed by atoms with Gasteiger partial charge in [0.1, 0.15) is 23.7 Å². The average molecular weight is 606 g/mol. The number of amides is 1. The van der Waals surface area contributed by atoms with Crippen LogP contribution in [0.15, 0.2) is 42.5 Å². The van der Waals surface area contributed by atoms with Crippen LogP contribution in [0.25, 0.3) is 0 Å². The maximum absolute atomic E-state index is 13.4. The third-order valence-corrected chi connectivity index (χ3v) is 8.61. The van der Waals surface area contributed by atoms with Gasteiger partial charge in [-0.2, -0.15) is 5.26 Å². The van der Waals surface area contributed by atoms with E-state index < -0.39 is 0 Å². The number of benzene rings is 2. The third-order valence-electron chi connectivity index (χ3n) is 7.30. The zero-order valence-corrected chi connectivity index (χ0v) is 23.3. The minimum absolute atomic E-state index is 0.0445. The molecule has 1 heterocycles. The summed E-state index contributed by atoms with van der Waals surface area (Å²) in [5.74, 6) is 0.876. The summed E-state index contributed by atoms with van der Waals surface area (Å²) < 4.78 is 8.16. The van der Waals surface area contributed by atoms with Gasteiger partial charge in [0.15, 0.2) is 0 Å². The number of piperidine rings is 1. The molecule has 184 valence electrons. The molecule has 1 amide bonds. The van der Waals surface area contributed by atoms with Crippen molar-refractivity contribution in [3.8, 4) is 11.8 Å². The van der Waals surface area contributed by atoms with E-state index in [1.54, 1.807) is 21.3 Å². The highest BCUT2D eigenvalue weighted by atomic mass is 127. The lowest BCUT2D eigenvalue weighted by Crippen LogP contribution is -2.73. The number of ether oxygens (including phenoxy) is 1. The van der Waals surface area contributed by atoms with Crippen LogP contribution in [0.1, 0.15) is 56.5 Å². The molecule has 2 fully saturated rings. The fourth-order valence-corrected chi connectivity index (χ4v) is 7.79. The molecule has 0 unspecified atom stereocenters. The van der Waals surface area contributed by atoms with Crippen LogP contribution in [-0.4, -0.2) is 40.0 Å². The lowest BCUT2D eigenvalue weighted by atomic mass is 9.49. The van der Waals surface area contributed by atoms with E-state index in [0.29, 0.717) is 40.5 Å². The largest absolute Gasteiger partial charge is 0.489 e. The predicted octanol–water partition coefficient (Wildman–Crippen LogP) is 6.06. The second-order valence-corrected chi connectivity index (χ2v) is 11.9. The Morgan fingerprint density at radius 2 is 1.71 bits per heavy atom. The van der Waals surface area contributed by atoms with Crippen molar-refractivity contribution in [3.05, 3.63) is 58.6 Å². The molecule has 4 rings (SSSR count). The lowest BCUT2D eigenvalue weighted by molar-refractivity contribution is -0.179. The van der Waals surface area contributed by atoms with E-state index in [4.69, 9.17) is 21.6 Å². The summed E-state index contributed by atoms with van der Waals surface area (Å²) in [4.78, 5) is 27.1. The Morgan fingerprint density at radius 1 is 1.11 bits per heavy atom. The molecule has 2 aliphatic rings. The fraction of sp³-hybridized carbons (Fsp3) is 0.444. The van der Waals surface area contributed by atoms with Gasteiger partial charge >= 0.3 is 0 Å². The molecule has 2 aromatic carbocycles. The molecule has 1 aliphatic heterocycles. The van der Waals surface area contributed by atoms with Crippen molar-refractivity contribution in [1.82, 2.24) is 3.11 Å². The fourth-order valence-electron chi connectivity index (χ4n) is 5.86. The van der Waals surface area contributed by atoms with E-state index >= 15 is 0 Å². The first-order valence-electron chi connectivity index (χ1n) is 11.7. The van der Waals surface area contributed by atoms with Crippen LogP contribution in [0, 0.1) is 22.2 Å². The lowest BCUT2D eigenvalue weighted by Gasteiger charge is -2.64. The monoisotopic (exact) mass is 605 g/mol. The first kappa shape index (κ1) is 25.8. The number of nitriles is 1. The maximum Gasteiger partial charge on any atom is 0.262 e. The Labute approximate surface area is 225 Å². The van der Waals surface area contributed by atoms with Gasteiger partial charge in [0.2, 0.25) is 0 Å². The molecule has 0 bridgehead atoms. The molecule has 8 heteroatoms. The Balaban J connectivity index is 1.47. The maximum atomic E-state index is 13.4. The molecular formula is C27H29ClIN3O3. The van der Waals surface area contributed by atoms with Crippen LogP contribution in [0.3, 0.4) is 0 Å². The molecule has 35 heavy (non-hydrogen) atoms. The third kappa shape index (κ3) is 4.75. The summed E-state index contributed by atoms with van der Waals surface area (Å²) in [5, 5.41) is 9.48. The van der Waals surface area contributed by atoms with Gasteiger partial charge in [0, 0.05) is 54.1 Å². The van der Waals surface area contributed by atoms with Crippen molar-refractivity contribution in [2.75, 3.05) is 18.0 Å². The summed E-state index contributed by atoms with van der Waals surface area (Å²) in [7, 11) is 0. The van der Waals surface area contributed by atoms with Gasteiger partial charge in [-0.3, -0.25) is 12.7 Å². The molecule has 0 atom stereocenters. The van der Waals surface area contributed by atoms with E-state index in [2.05, 4.69) is 61.5 Å². The molecule has 0 N–H and O–H groups in total. The van der Waals surface area contributed by atoms with Gasteiger partial charge in [-0.1, -0.05) is 39.3 Å². The Morgan fingerprint density at radius 3 is 2.26 bits per heavy atom. The van der Waals surface area contributed by atoms with Gasteiger partial charge in [-0.05, 0) is 36.4 Å².